The minimum absolute atomic E-state index is 0.130. The van der Waals surface area contributed by atoms with E-state index in [2.05, 4.69) is 25.3 Å². The van der Waals surface area contributed by atoms with Gasteiger partial charge in [-0.05, 0) is 18.5 Å². The zero-order chi connectivity index (χ0) is 11.5. The van der Waals surface area contributed by atoms with E-state index in [4.69, 9.17) is 16.0 Å². The Bertz CT molecular complexity index is 503. The molecule has 0 aliphatic heterocycles. The highest BCUT2D eigenvalue weighted by atomic mass is 35.5. The van der Waals surface area contributed by atoms with Crippen LogP contribution in [0.15, 0.2) is 21.1 Å². The third kappa shape index (κ3) is 2.61. The van der Waals surface area contributed by atoms with Crippen molar-refractivity contribution in [3.63, 3.8) is 0 Å². The molecule has 16 heavy (non-hydrogen) atoms. The third-order valence-corrected chi connectivity index (χ3v) is 2.48. The van der Waals surface area contributed by atoms with Gasteiger partial charge < -0.3 is 9.73 Å². The first kappa shape index (κ1) is 11.2. The van der Waals surface area contributed by atoms with Crippen molar-refractivity contribution in [3.8, 4) is 0 Å². The maximum Gasteiger partial charge on any atom is 0.263 e. The second kappa shape index (κ2) is 4.67. The summed E-state index contributed by atoms with van der Waals surface area (Å²) in [5.41, 5.74) is 0.802. The monoisotopic (exact) mass is 257 g/mol. The van der Waals surface area contributed by atoms with Gasteiger partial charge >= 0.3 is 0 Å². The topological polar surface area (TPSA) is 76.7 Å². The minimum Gasteiger partial charge on any atom is -0.439 e. The predicted octanol–water partition coefficient (Wildman–Crippen LogP) is 2.01. The van der Waals surface area contributed by atoms with Crippen LogP contribution in [0.4, 0.5) is 5.95 Å². The van der Waals surface area contributed by atoms with Gasteiger partial charge in [0.25, 0.3) is 5.22 Å². The quantitative estimate of drug-likeness (QED) is 0.901. The van der Waals surface area contributed by atoms with Crippen molar-refractivity contribution in [3.05, 3.63) is 17.2 Å². The van der Waals surface area contributed by atoms with E-state index in [1.165, 1.54) is 11.8 Å². The number of nitrogens with one attached hydrogen (secondary N) is 1. The minimum atomic E-state index is 0.130. The van der Waals surface area contributed by atoms with Gasteiger partial charge in [-0.25, -0.2) is 4.98 Å². The molecule has 0 aromatic carbocycles. The molecule has 2 aromatic heterocycles. The standard InChI is InChI=1S/C8H8ClN5OS/c1-4-3-15-8(11-4)16-7-13-5(9)12-6(10-2)14-7/h3H,1-2H3,(H,10,12,13,14). The van der Waals surface area contributed by atoms with Crippen LogP contribution < -0.4 is 5.32 Å². The summed E-state index contributed by atoms with van der Waals surface area (Å²) in [5.74, 6) is 0.408. The fourth-order valence-corrected chi connectivity index (χ4v) is 1.86. The molecule has 0 fully saturated rings. The highest BCUT2D eigenvalue weighted by molar-refractivity contribution is 7.98. The molecule has 0 saturated heterocycles. The molecule has 0 bridgehead atoms. The van der Waals surface area contributed by atoms with E-state index < -0.39 is 0 Å². The molecule has 0 saturated carbocycles. The molecule has 8 heteroatoms. The van der Waals surface area contributed by atoms with Gasteiger partial charge in [0, 0.05) is 18.8 Å². The summed E-state index contributed by atoms with van der Waals surface area (Å²) in [7, 11) is 1.70. The summed E-state index contributed by atoms with van der Waals surface area (Å²) < 4.78 is 5.17. The predicted molar refractivity (Wildman–Crippen MR) is 59.7 cm³/mol. The van der Waals surface area contributed by atoms with Crippen molar-refractivity contribution in [2.45, 2.75) is 17.3 Å². The molecule has 0 spiro atoms. The molecule has 0 aliphatic carbocycles. The van der Waals surface area contributed by atoms with E-state index in [1.54, 1.807) is 13.3 Å². The molecule has 2 rings (SSSR count). The summed E-state index contributed by atoms with van der Waals surface area (Å²) in [6.45, 7) is 1.84. The average molecular weight is 258 g/mol. The van der Waals surface area contributed by atoms with Crippen LogP contribution in [-0.2, 0) is 0 Å². The van der Waals surface area contributed by atoms with Crippen LogP contribution in [0, 0.1) is 6.92 Å². The number of aromatic nitrogens is 4. The molecule has 84 valence electrons. The lowest BCUT2D eigenvalue weighted by molar-refractivity contribution is 0.453. The highest BCUT2D eigenvalue weighted by Gasteiger charge is 2.09. The smallest absolute Gasteiger partial charge is 0.263 e. The fourth-order valence-electron chi connectivity index (χ4n) is 0.947. The van der Waals surface area contributed by atoms with Crippen LogP contribution in [0.2, 0.25) is 5.28 Å². The maximum absolute atomic E-state index is 5.73. The maximum atomic E-state index is 5.73. The molecular formula is C8H8ClN5OS. The highest BCUT2D eigenvalue weighted by Crippen LogP contribution is 2.24. The van der Waals surface area contributed by atoms with E-state index in [0.29, 0.717) is 16.3 Å². The van der Waals surface area contributed by atoms with Gasteiger partial charge in [0.1, 0.15) is 6.26 Å². The van der Waals surface area contributed by atoms with Crippen molar-refractivity contribution < 1.29 is 4.42 Å². The van der Waals surface area contributed by atoms with Crippen LogP contribution >= 0.6 is 23.4 Å². The van der Waals surface area contributed by atoms with Crippen LogP contribution in [0.25, 0.3) is 0 Å². The summed E-state index contributed by atoms with van der Waals surface area (Å²) >= 11 is 6.92. The number of halogens is 1. The summed E-state index contributed by atoms with van der Waals surface area (Å²) in [4.78, 5) is 16.0. The average Bonchev–Trinajstić information content (AvgIpc) is 2.63. The van der Waals surface area contributed by atoms with Gasteiger partial charge in [0.05, 0.1) is 5.69 Å². The number of hydrogen-bond donors (Lipinski definition) is 1. The van der Waals surface area contributed by atoms with E-state index in [-0.39, 0.29) is 5.28 Å². The largest absolute Gasteiger partial charge is 0.439 e. The fraction of sp³-hybridized carbons (Fsp3) is 0.250. The zero-order valence-electron chi connectivity index (χ0n) is 8.56. The molecular weight excluding hydrogens is 250 g/mol. The van der Waals surface area contributed by atoms with Crippen LogP contribution in [0.1, 0.15) is 5.69 Å². The molecule has 0 amide bonds. The SMILES string of the molecule is CNc1nc(Cl)nc(Sc2nc(C)co2)n1. The Labute approximate surface area is 101 Å². The van der Waals surface area contributed by atoms with Gasteiger partial charge in [0.15, 0.2) is 0 Å². The number of aryl methyl sites for hydroxylation is 1. The molecule has 0 atom stereocenters. The van der Waals surface area contributed by atoms with Gasteiger partial charge in [0.2, 0.25) is 16.4 Å². The Kier molecular flexibility index (Phi) is 3.25. The summed E-state index contributed by atoms with van der Waals surface area (Å²) in [5, 5.41) is 3.83. The van der Waals surface area contributed by atoms with E-state index >= 15 is 0 Å². The Morgan fingerprint density at radius 2 is 2.12 bits per heavy atom. The van der Waals surface area contributed by atoms with Gasteiger partial charge in [-0.1, -0.05) is 0 Å². The van der Waals surface area contributed by atoms with Gasteiger partial charge in [-0.2, -0.15) is 15.0 Å². The molecule has 6 nitrogen and oxygen atoms in total. The number of hydrogen-bond acceptors (Lipinski definition) is 7. The normalized spacial score (nSPS) is 10.4. The molecule has 0 radical (unpaired) electrons. The first-order valence-electron chi connectivity index (χ1n) is 4.36. The molecule has 0 unspecified atom stereocenters. The Hall–Kier alpha value is -1.34. The Morgan fingerprint density at radius 1 is 1.31 bits per heavy atom. The second-order valence-corrected chi connectivity index (χ2v) is 4.07. The first-order valence-corrected chi connectivity index (χ1v) is 5.56. The van der Waals surface area contributed by atoms with Crippen molar-refractivity contribution in [2.75, 3.05) is 12.4 Å². The molecule has 0 aliphatic rings. The van der Waals surface area contributed by atoms with Crippen LogP contribution in [-0.4, -0.2) is 27.0 Å². The van der Waals surface area contributed by atoms with E-state index in [0.717, 1.165) is 5.69 Å². The number of nitrogens with zero attached hydrogens (tertiary/aromatic N) is 4. The summed E-state index contributed by atoms with van der Waals surface area (Å²) in [6, 6.07) is 0. The van der Waals surface area contributed by atoms with E-state index in [1.807, 2.05) is 6.92 Å². The van der Waals surface area contributed by atoms with Crippen molar-refractivity contribution >= 4 is 29.3 Å². The lowest BCUT2D eigenvalue weighted by Gasteiger charge is -2.00. The third-order valence-electron chi connectivity index (χ3n) is 1.59. The van der Waals surface area contributed by atoms with Gasteiger partial charge in [-0.15, -0.1) is 0 Å². The van der Waals surface area contributed by atoms with Crippen molar-refractivity contribution in [2.24, 2.45) is 0 Å². The van der Waals surface area contributed by atoms with Gasteiger partial charge in [-0.3, -0.25) is 0 Å². The van der Waals surface area contributed by atoms with Crippen molar-refractivity contribution in [1.82, 2.24) is 19.9 Å². The second-order valence-electron chi connectivity index (χ2n) is 2.82. The van der Waals surface area contributed by atoms with Crippen molar-refractivity contribution in [1.29, 1.82) is 0 Å². The number of oxazole rings is 1. The van der Waals surface area contributed by atoms with Crippen LogP contribution in [0.5, 0.6) is 0 Å². The summed E-state index contributed by atoms with van der Waals surface area (Å²) in [6.07, 6.45) is 1.56. The molecule has 1 N–H and O–H groups in total. The van der Waals surface area contributed by atoms with Crippen LogP contribution in [0.3, 0.4) is 0 Å². The lowest BCUT2D eigenvalue weighted by Crippen LogP contribution is -1.99. The molecule has 2 heterocycles. The van der Waals surface area contributed by atoms with E-state index in [9.17, 15) is 0 Å². The first-order chi connectivity index (χ1) is 7.67. The number of rotatable bonds is 3. The Morgan fingerprint density at radius 3 is 2.75 bits per heavy atom. The zero-order valence-corrected chi connectivity index (χ0v) is 10.1. The lowest BCUT2D eigenvalue weighted by atomic mass is 10.6. The molecule has 2 aromatic rings. The number of anilines is 1. The Balaban J connectivity index is 2.24.